The first-order chi connectivity index (χ1) is 6.17. The van der Waals surface area contributed by atoms with Crippen molar-refractivity contribution in [1.29, 1.82) is 0 Å². The molecule has 1 unspecified atom stereocenters. The number of aliphatic hydroxyl groups is 1. The molecule has 1 saturated carbocycles. The maximum atomic E-state index is 9.69. The van der Waals surface area contributed by atoms with Crippen molar-refractivity contribution in [3.8, 4) is 0 Å². The highest BCUT2D eigenvalue weighted by molar-refractivity contribution is 5.36. The number of nitrogens with zero attached hydrogens (tertiary/aromatic N) is 1. The SMILES string of the molecule is Cc1ccncc1C1(C(C)O)CC1. The Labute approximate surface area is 78.6 Å². The third-order valence-electron chi connectivity index (χ3n) is 3.16. The van der Waals surface area contributed by atoms with E-state index in [0.717, 1.165) is 12.8 Å². The number of pyridine rings is 1. The van der Waals surface area contributed by atoms with Crippen LogP contribution in [0.1, 0.15) is 30.9 Å². The number of hydrogen-bond acceptors (Lipinski definition) is 2. The van der Waals surface area contributed by atoms with E-state index in [1.54, 1.807) is 6.20 Å². The fourth-order valence-electron chi connectivity index (χ4n) is 2.03. The Morgan fingerprint density at radius 3 is 2.69 bits per heavy atom. The van der Waals surface area contributed by atoms with E-state index in [2.05, 4.69) is 11.9 Å². The van der Waals surface area contributed by atoms with Gasteiger partial charge in [0.15, 0.2) is 0 Å². The maximum absolute atomic E-state index is 9.69. The predicted octanol–water partition coefficient (Wildman–Crippen LogP) is 1.80. The van der Waals surface area contributed by atoms with Gasteiger partial charge in [-0.15, -0.1) is 0 Å². The quantitative estimate of drug-likeness (QED) is 0.747. The van der Waals surface area contributed by atoms with Gasteiger partial charge in [-0.1, -0.05) is 0 Å². The summed E-state index contributed by atoms with van der Waals surface area (Å²) >= 11 is 0. The van der Waals surface area contributed by atoms with E-state index in [-0.39, 0.29) is 11.5 Å². The zero-order chi connectivity index (χ0) is 9.47. The van der Waals surface area contributed by atoms with Crippen LogP contribution in [0, 0.1) is 6.92 Å². The Bertz CT molecular complexity index is 316. The highest BCUT2D eigenvalue weighted by atomic mass is 16.3. The fourth-order valence-corrected chi connectivity index (χ4v) is 2.03. The zero-order valence-corrected chi connectivity index (χ0v) is 8.12. The second-order valence-electron chi connectivity index (χ2n) is 4.02. The van der Waals surface area contributed by atoms with Gasteiger partial charge in [0.2, 0.25) is 0 Å². The van der Waals surface area contributed by atoms with Gasteiger partial charge in [-0.25, -0.2) is 0 Å². The van der Waals surface area contributed by atoms with Gasteiger partial charge in [0.05, 0.1) is 6.10 Å². The molecule has 0 spiro atoms. The standard InChI is InChI=1S/C11H15NO/c1-8-3-6-12-7-10(8)11(4-5-11)9(2)13/h3,6-7,9,13H,4-5H2,1-2H3. The van der Waals surface area contributed by atoms with E-state index >= 15 is 0 Å². The average Bonchev–Trinajstić information content (AvgIpc) is 2.85. The molecule has 0 aliphatic heterocycles. The minimum Gasteiger partial charge on any atom is -0.392 e. The second kappa shape index (κ2) is 2.81. The summed E-state index contributed by atoms with van der Waals surface area (Å²) in [6.45, 7) is 3.96. The summed E-state index contributed by atoms with van der Waals surface area (Å²) in [6, 6.07) is 2.01. The summed E-state index contributed by atoms with van der Waals surface area (Å²) in [6.07, 6.45) is 5.64. The molecule has 0 radical (unpaired) electrons. The van der Waals surface area contributed by atoms with Gasteiger partial charge in [0.25, 0.3) is 0 Å². The van der Waals surface area contributed by atoms with Crippen LogP contribution in [-0.4, -0.2) is 16.2 Å². The molecule has 1 aliphatic rings. The Morgan fingerprint density at radius 2 is 2.23 bits per heavy atom. The number of aryl methyl sites for hydroxylation is 1. The van der Waals surface area contributed by atoms with Crippen molar-refractivity contribution in [2.75, 3.05) is 0 Å². The lowest BCUT2D eigenvalue weighted by molar-refractivity contribution is 0.150. The molecule has 1 aliphatic carbocycles. The van der Waals surface area contributed by atoms with Gasteiger partial charge in [-0.05, 0) is 43.9 Å². The van der Waals surface area contributed by atoms with Gasteiger partial charge >= 0.3 is 0 Å². The molecule has 0 aromatic carbocycles. The average molecular weight is 177 g/mol. The lowest BCUT2D eigenvalue weighted by atomic mass is 9.89. The molecule has 1 fully saturated rings. The first kappa shape index (κ1) is 8.70. The van der Waals surface area contributed by atoms with Gasteiger partial charge in [0.1, 0.15) is 0 Å². The summed E-state index contributed by atoms with van der Waals surface area (Å²) in [5, 5.41) is 9.69. The smallest absolute Gasteiger partial charge is 0.0609 e. The van der Waals surface area contributed by atoms with Crippen LogP contribution in [0.3, 0.4) is 0 Å². The zero-order valence-electron chi connectivity index (χ0n) is 8.12. The molecule has 0 saturated heterocycles. The first-order valence-electron chi connectivity index (χ1n) is 4.76. The summed E-state index contributed by atoms with van der Waals surface area (Å²) in [4.78, 5) is 4.12. The van der Waals surface area contributed by atoms with Crippen molar-refractivity contribution in [3.05, 3.63) is 29.6 Å². The molecular weight excluding hydrogens is 162 g/mol. The van der Waals surface area contributed by atoms with Crippen LogP contribution in [0.15, 0.2) is 18.5 Å². The Hall–Kier alpha value is -0.890. The topological polar surface area (TPSA) is 33.1 Å². The maximum Gasteiger partial charge on any atom is 0.0609 e. The summed E-state index contributed by atoms with van der Waals surface area (Å²) in [7, 11) is 0. The molecular formula is C11H15NO. The van der Waals surface area contributed by atoms with Crippen molar-refractivity contribution < 1.29 is 5.11 Å². The van der Waals surface area contributed by atoms with Gasteiger partial charge < -0.3 is 5.11 Å². The molecule has 1 atom stereocenters. The van der Waals surface area contributed by atoms with E-state index in [4.69, 9.17) is 0 Å². The molecule has 13 heavy (non-hydrogen) atoms. The van der Waals surface area contributed by atoms with E-state index in [1.165, 1.54) is 11.1 Å². The summed E-state index contributed by atoms with van der Waals surface area (Å²) in [5.74, 6) is 0. The fraction of sp³-hybridized carbons (Fsp3) is 0.545. The normalized spacial score (nSPS) is 21.2. The highest BCUT2D eigenvalue weighted by Gasteiger charge is 2.49. The minimum absolute atomic E-state index is 0.0261. The van der Waals surface area contributed by atoms with Crippen LogP contribution in [0.5, 0.6) is 0 Å². The monoisotopic (exact) mass is 177 g/mol. The van der Waals surface area contributed by atoms with Crippen LogP contribution in [0.25, 0.3) is 0 Å². The largest absolute Gasteiger partial charge is 0.392 e. The molecule has 2 heteroatoms. The van der Waals surface area contributed by atoms with Crippen molar-refractivity contribution in [2.45, 2.75) is 38.2 Å². The van der Waals surface area contributed by atoms with E-state index in [1.807, 2.05) is 19.2 Å². The van der Waals surface area contributed by atoms with E-state index in [0.29, 0.717) is 0 Å². The third-order valence-corrected chi connectivity index (χ3v) is 3.16. The number of aliphatic hydroxyl groups excluding tert-OH is 1. The Kier molecular flexibility index (Phi) is 1.88. The van der Waals surface area contributed by atoms with Crippen molar-refractivity contribution >= 4 is 0 Å². The molecule has 70 valence electrons. The third kappa shape index (κ3) is 1.25. The van der Waals surface area contributed by atoms with Crippen molar-refractivity contribution in [1.82, 2.24) is 4.98 Å². The van der Waals surface area contributed by atoms with Crippen LogP contribution in [0.2, 0.25) is 0 Å². The van der Waals surface area contributed by atoms with Gasteiger partial charge in [0, 0.05) is 17.8 Å². The molecule has 1 heterocycles. The molecule has 1 aromatic rings. The van der Waals surface area contributed by atoms with E-state index in [9.17, 15) is 5.11 Å². The molecule has 1 N–H and O–H groups in total. The summed E-state index contributed by atoms with van der Waals surface area (Å²) in [5.41, 5.74) is 2.50. The van der Waals surface area contributed by atoms with Crippen LogP contribution < -0.4 is 0 Å². The van der Waals surface area contributed by atoms with Crippen LogP contribution in [0.4, 0.5) is 0 Å². The predicted molar refractivity (Wildman–Crippen MR) is 51.6 cm³/mol. The molecule has 2 nitrogen and oxygen atoms in total. The molecule has 0 amide bonds. The van der Waals surface area contributed by atoms with Gasteiger partial charge in [-0.2, -0.15) is 0 Å². The second-order valence-corrected chi connectivity index (χ2v) is 4.02. The van der Waals surface area contributed by atoms with Gasteiger partial charge in [-0.3, -0.25) is 4.98 Å². The Morgan fingerprint density at radius 1 is 1.54 bits per heavy atom. The number of aromatic nitrogens is 1. The highest BCUT2D eigenvalue weighted by Crippen LogP contribution is 2.51. The minimum atomic E-state index is -0.254. The number of rotatable bonds is 2. The van der Waals surface area contributed by atoms with Crippen LogP contribution >= 0.6 is 0 Å². The van der Waals surface area contributed by atoms with Crippen LogP contribution in [-0.2, 0) is 5.41 Å². The van der Waals surface area contributed by atoms with Crippen molar-refractivity contribution in [3.63, 3.8) is 0 Å². The van der Waals surface area contributed by atoms with E-state index < -0.39 is 0 Å². The molecule has 1 aromatic heterocycles. The molecule has 2 rings (SSSR count). The lowest BCUT2D eigenvalue weighted by Crippen LogP contribution is -2.23. The lowest BCUT2D eigenvalue weighted by Gasteiger charge is -2.20. The number of hydrogen-bond donors (Lipinski definition) is 1. The van der Waals surface area contributed by atoms with Crippen molar-refractivity contribution in [2.24, 2.45) is 0 Å². The Balaban J connectivity index is 2.41. The molecule has 0 bridgehead atoms. The first-order valence-corrected chi connectivity index (χ1v) is 4.76. The summed E-state index contributed by atoms with van der Waals surface area (Å²) < 4.78 is 0.